The van der Waals surface area contributed by atoms with E-state index in [2.05, 4.69) is 5.32 Å². The lowest BCUT2D eigenvalue weighted by Crippen LogP contribution is -2.50. The Bertz CT molecular complexity index is 182. The summed E-state index contributed by atoms with van der Waals surface area (Å²) in [5.41, 5.74) is 0. The van der Waals surface area contributed by atoms with E-state index in [4.69, 9.17) is 0 Å². The van der Waals surface area contributed by atoms with E-state index in [9.17, 15) is 9.59 Å². The molecule has 1 atom stereocenters. The van der Waals surface area contributed by atoms with Crippen molar-refractivity contribution >= 4 is 12.2 Å². The highest BCUT2D eigenvalue weighted by Crippen LogP contribution is 2.09. The molecule has 0 spiro atoms. The molecule has 0 aromatic rings. The largest absolute Gasteiger partial charge is 0.334 e. The van der Waals surface area contributed by atoms with Crippen LogP contribution in [0, 0.1) is 0 Å². The van der Waals surface area contributed by atoms with E-state index in [-0.39, 0.29) is 18.5 Å². The van der Waals surface area contributed by atoms with Gasteiger partial charge in [0.15, 0.2) is 0 Å². The summed E-state index contributed by atoms with van der Waals surface area (Å²) in [5, 5.41) is 2.93. The van der Waals surface area contributed by atoms with Gasteiger partial charge in [0.25, 0.3) is 0 Å². The van der Waals surface area contributed by atoms with Gasteiger partial charge in [-0.3, -0.25) is 4.79 Å². The molecule has 0 aromatic carbocycles. The van der Waals surface area contributed by atoms with E-state index in [1.165, 1.54) is 0 Å². The lowest BCUT2D eigenvalue weighted by Gasteiger charge is -2.30. The molecule has 4 nitrogen and oxygen atoms in total. The molecule has 4 heteroatoms. The molecular formula is C8H14N2O2. The zero-order valence-corrected chi connectivity index (χ0v) is 7.25. The first-order valence-electron chi connectivity index (χ1n) is 4.19. The van der Waals surface area contributed by atoms with E-state index in [1.807, 2.05) is 0 Å². The molecular weight excluding hydrogens is 156 g/mol. The fourth-order valence-corrected chi connectivity index (χ4v) is 1.48. The third-order valence-electron chi connectivity index (χ3n) is 2.17. The van der Waals surface area contributed by atoms with Gasteiger partial charge in [0.05, 0.1) is 12.6 Å². The van der Waals surface area contributed by atoms with Crippen LogP contribution in [0.4, 0.5) is 0 Å². The number of nitrogens with one attached hydrogen (secondary N) is 1. The van der Waals surface area contributed by atoms with Crippen LogP contribution in [0.3, 0.4) is 0 Å². The highest BCUT2D eigenvalue weighted by molar-refractivity contribution is 5.84. The summed E-state index contributed by atoms with van der Waals surface area (Å²) in [4.78, 5) is 23.2. The monoisotopic (exact) mass is 170 g/mol. The number of amides is 1. The van der Waals surface area contributed by atoms with Gasteiger partial charge in [0.2, 0.25) is 5.91 Å². The summed E-state index contributed by atoms with van der Waals surface area (Å²) in [7, 11) is 1.77. The van der Waals surface area contributed by atoms with Crippen LogP contribution in [0.1, 0.15) is 12.8 Å². The number of hydrogen-bond donors (Lipinski definition) is 1. The number of carbonyl (C=O) groups is 2. The first kappa shape index (κ1) is 9.19. The van der Waals surface area contributed by atoms with Crippen molar-refractivity contribution < 1.29 is 9.59 Å². The molecule has 1 heterocycles. The third-order valence-corrected chi connectivity index (χ3v) is 2.17. The normalized spacial score (nSPS) is 24.2. The number of rotatable bonds is 3. The molecule has 12 heavy (non-hydrogen) atoms. The number of piperidine rings is 1. The SMILES string of the molecule is CNC1CCCN(CC=O)C1=O. The van der Waals surface area contributed by atoms with Gasteiger partial charge in [0.1, 0.15) is 6.29 Å². The maximum Gasteiger partial charge on any atom is 0.240 e. The average Bonchev–Trinajstić information content (AvgIpc) is 2.09. The van der Waals surface area contributed by atoms with Crippen molar-refractivity contribution in [1.29, 1.82) is 0 Å². The lowest BCUT2D eigenvalue weighted by atomic mass is 10.1. The zero-order chi connectivity index (χ0) is 8.97. The highest BCUT2D eigenvalue weighted by atomic mass is 16.2. The van der Waals surface area contributed by atoms with Crippen molar-refractivity contribution in [2.45, 2.75) is 18.9 Å². The van der Waals surface area contributed by atoms with Gasteiger partial charge in [-0.2, -0.15) is 0 Å². The van der Waals surface area contributed by atoms with Crippen molar-refractivity contribution in [3.8, 4) is 0 Å². The van der Waals surface area contributed by atoms with E-state index in [0.717, 1.165) is 25.7 Å². The highest BCUT2D eigenvalue weighted by Gasteiger charge is 2.26. The van der Waals surface area contributed by atoms with Crippen molar-refractivity contribution in [1.82, 2.24) is 10.2 Å². The molecule has 0 saturated carbocycles. The molecule has 0 aromatic heterocycles. The van der Waals surface area contributed by atoms with Crippen molar-refractivity contribution in [3.63, 3.8) is 0 Å². The van der Waals surface area contributed by atoms with Gasteiger partial charge in [-0.15, -0.1) is 0 Å². The molecule has 1 amide bonds. The maximum atomic E-state index is 11.5. The second-order valence-electron chi connectivity index (χ2n) is 2.93. The molecule has 68 valence electrons. The van der Waals surface area contributed by atoms with Crippen molar-refractivity contribution in [2.75, 3.05) is 20.1 Å². The van der Waals surface area contributed by atoms with Crippen LogP contribution in [0.5, 0.6) is 0 Å². The van der Waals surface area contributed by atoms with E-state index in [0.29, 0.717) is 0 Å². The molecule has 1 fully saturated rings. The smallest absolute Gasteiger partial charge is 0.240 e. The van der Waals surface area contributed by atoms with Gasteiger partial charge in [0, 0.05) is 6.54 Å². The number of aldehydes is 1. The van der Waals surface area contributed by atoms with Gasteiger partial charge >= 0.3 is 0 Å². The van der Waals surface area contributed by atoms with E-state index in [1.54, 1.807) is 11.9 Å². The second-order valence-corrected chi connectivity index (χ2v) is 2.93. The minimum absolute atomic E-state index is 0.0517. The van der Waals surface area contributed by atoms with Crippen LogP contribution in [0.15, 0.2) is 0 Å². The molecule has 1 rings (SSSR count). The van der Waals surface area contributed by atoms with Crippen LogP contribution in [-0.4, -0.2) is 43.3 Å². The summed E-state index contributed by atoms with van der Waals surface area (Å²) in [6.45, 7) is 0.951. The molecule has 1 saturated heterocycles. The fourth-order valence-electron chi connectivity index (χ4n) is 1.48. The van der Waals surface area contributed by atoms with Gasteiger partial charge in [-0.05, 0) is 19.9 Å². The molecule has 0 aliphatic carbocycles. The Labute approximate surface area is 71.9 Å². The standard InChI is InChI=1S/C8H14N2O2/c1-9-7-3-2-4-10(5-6-11)8(7)12/h6-7,9H,2-5H2,1H3. The topological polar surface area (TPSA) is 49.4 Å². The molecule has 0 radical (unpaired) electrons. The molecule has 1 N–H and O–H groups in total. The Morgan fingerprint density at radius 1 is 1.75 bits per heavy atom. The minimum Gasteiger partial charge on any atom is -0.334 e. The van der Waals surface area contributed by atoms with Gasteiger partial charge < -0.3 is 15.0 Å². The predicted molar refractivity (Wildman–Crippen MR) is 44.7 cm³/mol. The fraction of sp³-hybridized carbons (Fsp3) is 0.750. The first-order chi connectivity index (χ1) is 5.79. The van der Waals surface area contributed by atoms with Crippen LogP contribution in [-0.2, 0) is 9.59 Å². The third kappa shape index (κ3) is 1.82. The Morgan fingerprint density at radius 2 is 2.50 bits per heavy atom. The quantitative estimate of drug-likeness (QED) is 0.575. The minimum atomic E-state index is -0.0845. The number of carbonyl (C=O) groups excluding carboxylic acids is 2. The van der Waals surface area contributed by atoms with Gasteiger partial charge in [-0.25, -0.2) is 0 Å². The number of likely N-dealkylation sites (N-methyl/N-ethyl adjacent to an activating group) is 1. The zero-order valence-electron chi connectivity index (χ0n) is 7.25. The van der Waals surface area contributed by atoms with Crippen LogP contribution in [0.25, 0.3) is 0 Å². The molecule has 1 unspecified atom stereocenters. The summed E-state index contributed by atoms with van der Waals surface area (Å²) in [6, 6.07) is -0.0845. The van der Waals surface area contributed by atoms with Crippen LogP contribution < -0.4 is 5.32 Å². The Hall–Kier alpha value is -0.900. The van der Waals surface area contributed by atoms with Crippen molar-refractivity contribution in [2.24, 2.45) is 0 Å². The molecule has 0 bridgehead atoms. The van der Waals surface area contributed by atoms with E-state index >= 15 is 0 Å². The Morgan fingerprint density at radius 3 is 3.08 bits per heavy atom. The van der Waals surface area contributed by atoms with Crippen LogP contribution in [0.2, 0.25) is 0 Å². The molecule has 1 aliphatic rings. The number of nitrogens with zero attached hydrogens (tertiary/aromatic N) is 1. The summed E-state index contributed by atoms with van der Waals surface area (Å²) in [5.74, 6) is 0.0517. The second kappa shape index (κ2) is 4.21. The lowest BCUT2D eigenvalue weighted by molar-refractivity contribution is -0.137. The van der Waals surface area contributed by atoms with Crippen molar-refractivity contribution in [3.05, 3.63) is 0 Å². The summed E-state index contributed by atoms with van der Waals surface area (Å²) >= 11 is 0. The average molecular weight is 170 g/mol. The molecule has 1 aliphatic heterocycles. The maximum absolute atomic E-state index is 11.5. The van der Waals surface area contributed by atoms with E-state index < -0.39 is 0 Å². The summed E-state index contributed by atoms with van der Waals surface area (Å²) in [6.07, 6.45) is 2.63. The Kier molecular flexibility index (Phi) is 3.22. The predicted octanol–water partition coefficient (Wildman–Crippen LogP) is -0.604. The van der Waals surface area contributed by atoms with Gasteiger partial charge in [-0.1, -0.05) is 0 Å². The summed E-state index contributed by atoms with van der Waals surface area (Å²) < 4.78 is 0. The van der Waals surface area contributed by atoms with Crippen LogP contribution >= 0.6 is 0 Å². The number of hydrogen-bond acceptors (Lipinski definition) is 3. The number of likely N-dealkylation sites (tertiary alicyclic amines) is 1. The first-order valence-corrected chi connectivity index (χ1v) is 4.19. The Balaban J connectivity index is 2.52.